The number of anilines is 1. The quantitative estimate of drug-likeness (QED) is 0.654. The molecule has 0 saturated heterocycles. The predicted octanol–water partition coefficient (Wildman–Crippen LogP) is 3.54. The van der Waals surface area contributed by atoms with E-state index >= 15 is 0 Å². The van der Waals surface area contributed by atoms with E-state index in [0.29, 0.717) is 22.8 Å². The second-order valence-corrected chi connectivity index (χ2v) is 5.28. The zero-order valence-corrected chi connectivity index (χ0v) is 11.7. The SMILES string of the molecule is Nc1cc(Cl)ccc1C(=O)NCCC1=CCCCC1. The second-order valence-electron chi connectivity index (χ2n) is 4.85. The van der Waals surface area contributed by atoms with Crippen molar-refractivity contribution in [3.05, 3.63) is 40.4 Å². The average molecular weight is 279 g/mol. The third kappa shape index (κ3) is 4.00. The van der Waals surface area contributed by atoms with E-state index in [9.17, 15) is 4.79 Å². The normalized spacial score (nSPS) is 14.9. The highest BCUT2D eigenvalue weighted by Gasteiger charge is 2.10. The van der Waals surface area contributed by atoms with Crippen LogP contribution in [-0.4, -0.2) is 12.5 Å². The first kappa shape index (κ1) is 13.9. The molecule has 4 heteroatoms. The molecule has 0 saturated carbocycles. The molecule has 0 spiro atoms. The Bertz CT molecular complexity index is 497. The molecule has 0 aromatic heterocycles. The summed E-state index contributed by atoms with van der Waals surface area (Å²) >= 11 is 5.81. The largest absolute Gasteiger partial charge is 0.398 e. The molecule has 3 N–H and O–H groups in total. The summed E-state index contributed by atoms with van der Waals surface area (Å²) in [6, 6.07) is 4.93. The Labute approximate surface area is 118 Å². The molecule has 1 aliphatic carbocycles. The highest BCUT2D eigenvalue weighted by molar-refractivity contribution is 6.31. The minimum atomic E-state index is -0.134. The van der Waals surface area contributed by atoms with Gasteiger partial charge in [0.2, 0.25) is 0 Å². The monoisotopic (exact) mass is 278 g/mol. The lowest BCUT2D eigenvalue weighted by Crippen LogP contribution is -2.25. The van der Waals surface area contributed by atoms with Crippen LogP contribution in [0.2, 0.25) is 5.02 Å². The topological polar surface area (TPSA) is 55.1 Å². The Morgan fingerprint density at radius 1 is 1.37 bits per heavy atom. The number of amides is 1. The fourth-order valence-corrected chi connectivity index (χ4v) is 2.48. The van der Waals surface area contributed by atoms with Gasteiger partial charge in [-0.25, -0.2) is 0 Å². The van der Waals surface area contributed by atoms with Crippen LogP contribution in [0.15, 0.2) is 29.8 Å². The van der Waals surface area contributed by atoms with Crippen molar-refractivity contribution < 1.29 is 4.79 Å². The summed E-state index contributed by atoms with van der Waals surface area (Å²) in [5, 5.41) is 3.45. The van der Waals surface area contributed by atoms with Crippen LogP contribution in [0, 0.1) is 0 Å². The van der Waals surface area contributed by atoms with E-state index in [4.69, 9.17) is 17.3 Å². The van der Waals surface area contributed by atoms with Gasteiger partial charge < -0.3 is 11.1 Å². The van der Waals surface area contributed by atoms with Gasteiger partial charge in [-0.15, -0.1) is 0 Å². The van der Waals surface area contributed by atoms with E-state index in [2.05, 4.69) is 11.4 Å². The van der Waals surface area contributed by atoms with Crippen LogP contribution in [0.25, 0.3) is 0 Å². The molecule has 1 aromatic carbocycles. The Hall–Kier alpha value is -1.48. The molecule has 0 bridgehead atoms. The number of carbonyl (C=O) groups is 1. The van der Waals surface area contributed by atoms with E-state index in [-0.39, 0.29) is 5.91 Å². The van der Waals surface area contributed by atoms with Crippen molar-refractivity contribution >= 4 is 23.2 Å². The highest BCUT2D eigenvalue weighted by Crippen LogP contribution is 2.20. The number of carbonyl (C=O) groups excluding carboxylic acids is 1. The van der Waals surface area contributed by atoms with Crippen LogP contribution in [0.5, 0.6) is 0 Å². The lowest BCUT2D eigenvalue weighted by atomic mass is 9.97. The molecule has 1 aromatic rings. The molecule has 1 aliphatic rings. The lowest BCUT2D eigenvalue weighted by Gasteiger charge is -2.13. The minimum absolute atomic E-state index is 0.134. The molecule has 1 amide bonds. The maximum Gasteiger partial charge on any atom is 0.253 e. The number of nitrogen functional groups attached to an aromatic ring is 1. The Morgan fingerprint density at radius 3 is 2.89 bits per heavy atom. The Kier molecular flexibility index (Phi) is 4.86. The summed E-state index contributed by atoms with van der Waals surface area (Å²) in [5.74, 6) is -0.134. The Morgan fingerprint density at radius 2 is 2.21 bits per heavy atom. The fraction of sp³-hybridized carbons (Fsp3) is 0.400. The van der Waals surface area contributed by atoms with E-state index in [1.165, 1.54) is 31.3 Å². The van der Waals surface area contributed by atoms with Gasteiger partial charge in [0, 0.05) is 17.3 Å². The average Bonchev–Trinajstić information content (AvgIpc) is 2.39. The van der Waals surface area contributed by atoms with Crippen molar-refractivity contribution in [2.75, 3.05) is 12.3 Å². The minimum Gasteiger partial charge on any atom is -0.398 e. The molecule has 19 heavy (non-hydrogen) atoms. The molecule has 0 heterocycles. The van der Waals surface area contributed by atoms with Gasteiger partial charge in [-0.3, -0.25) is 4.79 Å². The molecule has 3 nitrogen and oxygen atoms in total. The molecule has 2 rings (SSSR count). The smallest absolute Gasteiger partial charge is 0.253 e. The van der Waals surface area contributed by atoms with Crippen LogP contribution in [0.1, 0.15) is 42.5 Å². The van der Waals surface area contributed by atoms with E-state index in [0.717, 1.165) is 6.42 Å². The first-order valence-corrected chi connectivity index (χ1v) is 7.06. The van der Waals surface area contributed by atoms with Crippen LogP contribution < -0.4 is 11.1 Å². The summed E-state index contributed by atoms with van der Waals surface area (Å²) in [5.41, 5.74) is 8.14. The number of nitrogens with one attached hydrogen (secondary N) is 1. The van der Waals surface area contributed by atoms with Crippen molar-refractivity contribution in [1.29, 1.82) is 0 Å². The first-order chi connectivity index (χ1) is 9.16. The van der Waals surface area contributed by atoms with Crippen molar-refractivity contribution in [3.8, 4) is 0 Å². The maximum atomic E-state index is 12.0. The number of rotatable bonds is 4. The summed E-state index contributed by atoms with van der Waals surface area (Å²) in [4.78, 5) is 12.0. The van der Waals surface area contributed by atoms with Gasteiger partial charge in [0.05, 0.1) is 5.56 Å². The number of hydrogen-bond donors (Lipinski definition) is 2. The second kappa shape index (κ2) is 6.62. The number of nitrogens with two attached hydrogens (primary N) is 1. The molecule has 0 atom stereocenters. The summed E-state index contributed by atoms with van der Waals surface area (Å²) in [7, 11) is 0. The third-order valence-electron chi connectivity index (χ3n) is 3.37. The van der Waals surface area contributed by atoms with E-state index in [1.54, 1.807) is 18.2 Å². The molecule has 0 aliphatic heterocycles. The molecule has 0 unspecified atom stereocenters. The van der Waals surface area contributed by atoms with Gasteiger partial charge in [-0.1, -0.05) is 23.3 Å². The number of allylic oxidation sites excluding steroid dienone is 1. The van der Waals surface area contributed by atoms with Crippen LogP contribution in [0.4, 0.5) is 5.69 Å². The van der Waals surface area contributed by atoms with Gasteiger partial charge in [-0.2, -0.15) is 0 Å². The zero-order valence-electron chi connectivity index (χ0n) is 10.9. The number of benzene rings is 1. The van der Waals surface area contributed by atoms with Gasteiger partial charge in [0.25, 0.3) is 5.91 Å². The van der Waals surface area contributed by atoms with Crippen LogP contribution in [0.3, 0.4) is 0 Å². The van der Waals surface area contributed by atoms with Crippen molar-refractivity contribution in [2.24, 2.45) is 0 Å². The number of hydrogen-bond acceptors (Lipinski definition) is 2. The number of halogens is 1. The van der Waals surface area contributed by atoms with Crippen LogP contribution in [-0.2, 0) is 0 Å². The standard InChI is InChI=1S/C15H19ClN2O/c16-12-6-7-13(14(17)10-12)15(19)18-9-8-11-4-2-1-3-5-11/h4,6-7,10H,1-3,5,8-9,17H2,(H,18,19). The van der Waals surface area contributed by atoms with Crippen molar-refractivity contribution in [2.45, 2.75) is 32.1 Å². The first-order valence-electron chi connectivity index (χ1n) is 6.68. The molecule has 102 valence electrons. The fourth-order valence-electron chi connectivity index (χ4n) is 2.30. The van der Waals surface area contributed by atoms with Crippen molar-refractivity contribution in [3.63, 3.8) is 0 Å². The summed E-state index contributed by atoms with van der Waals surface area (Å²) < 4.78 is 0. The summed E-state index contributed by atoms with van der Waals surface area (Å²) in [6.07, 6.45) is 8.12. The molecular formula is C15H19ClN2O. The van der Waals surface area contributed by atoms with Gasteiger partial charge >= 0.3 is 0 Å². The van der Waals surface area contributed by atoms with Crippen molar-refractivity contribution in [1.82, 2.24) is 5.32 Å². The van der Waals surface area contributed by atoms with E-state index in [1.807, 2.05) is 0 Å². The third-order valence-corrected chi connectivity index (χ3v) is 3.61. The van der Waals surface area contributed by atoms with Crippen LogP contribution >= 0.6 is 11.6 Å². The Balaban J connectivity index is 1.85. The molecule has 0 radical (unpaired) electrons. The highest BCUT2D eigenvalue weighted by atomic mass is 35.5. The van der Waals surface area contributed by atoms with Gasteiger partial charge in [-0.05, 0) is 50.3 Å². The van der Waals surface area contributed by atoms with Gasteiger partial charge in [0.15, 0.2) is 0 Å². The lowest BCUT2D eigenvalue weighted by molar-refractivity contribution is 0.0955. The molecule has 0 fully saturated rings. The van der Waals surface area contributed by atoms with Gasteiger partial charge in [0.1, 0.15) is 0 Å². The summed E-state index contributed by atoms with van der Waals surface area (Å²) in [6.45, 7) is 0.659. The maximum absolute atomic E-state index is 12.0. The van der Waals surface area contributed by atoms with E-state index < -0.39 is 0 Å². The predicted molar refractivity (Wildman–Crippen MR) is 79.4 cm³/mol. The zero-order chi connectivity index (χ0) is 13.7. The molecular weight excluding hydrogens is 260 g/mol.